The molecule has 0 atom stereocenters. The van der Waals surface area contributed by atoms with Crippen molar-refractivity contribution < 1.29 is 9.59 Å². The van der Waals surface area contributed by atoms with E-state index in [0.717, 1.165) is 6.42 Å². The third-order valence-corrected chi connectivity index (χ3v) is 3.92. The maximum atomic E-state index is 12.3. The molecule has 0 unspecified atom stereocenters. The molecule has 1 aliphatic heterocycles. The van der Waals surface area contributed by atoms with Crippen LogP contribution in [0.3, 0.4) is 0 Å². The number of amides is 2. The average molecular weight is 294 g/mol. The fourth-order valence-corrected chi connectivity index (χ4v) is 2.67. The Bertz CT molecular complexity index is 682. The standard InChI is InChI=1S/C18H18N2O2/c21-17(12-19-18(22)15-7-2-1-3-8-15)20-11-10-14-6-4-5-9-16(14)13-20/h1-9H,10-13H2,(H,19,22). The van der Waals surface area contributed by atoms with Crippen LogP contribution in [0.1, 0.15) is 21.5 Å². The zero-order valence-electron chi connectivity index (χ0n) is 12.3. The quantitative estimate of drug-likeness (QED) is 0.941. The Morgan fingerprint density at radius 3 is 2.41 bits per heavy atom. The number of hydrogen-bond acceptors (Lipinski definition) is 2. The normalized spacial score (nSPS) is 13.4. The van der Waals surface area contributed by atoms with Gasteiger partial charge in [0.1, 0.15) is 0 Å². The van der Waals surface area contributed by atoms with Gasteiger partial charge in [0, 0.05) is 18.7 Å². The van der Waals surface area contributed by atoms with E-state index in [1.165, 1.54) is 11.1 Å². The van der Waals surface area contributed by atoms with Gasteiger partial charge >= 0.3 is 0 Å². The molecule has 0 saturated heterocycles. The van der Waals surface area contributed by atoms with Gasteiger partial charge in [-0.05, 0) is 29.7 Å². The van der Waals surface area contributed by atoms with Gasteiger partial charge in [-0.2, -0.15) is 0 Å². The Hall–Kier alpha value is -2.62. The molecule has 0 aliphatic carbocycles. The average Bonchev–Trinajstić information content (AvgIpc) is 2.59. The molecule has 4 heteroatoms. The van der Waals surface area contributed by atoms with Crippen LogP contribution in [0.5, 0.6) is 0 Å². The molecule has 0 bridgehead atoms. The first kappa shape index (κ1) is 14.3. The third-order valence-electron chi connectivity index (χ3n) is 3.92. The van der Waals surface area contributed by atoms with Crippen LogP contribution in [0.25, 0.3) is 0 Å². The topological polar surface area (TPSA) is 49.4 Å². The van der Waals surface area contributed by atoms with Crippen LogP contribution < -0.4 is 5.32 Å². The van der Waals surface area contributed by atoms with E-state index in [1.54, 1.807) is 29.2 Å². The van der Waals surface area contributed by atoms with E-state index in [4.69, 9.17) is 0 Å². The lowest BCUT2D eigenvalue weighted by Crippen LogP contribution is -2.42. The summed E-state index contributed by atoms with van der Waals surface area (Å²) < 4.78 is 0. The lowest BCUT2D eigenvalue weighted by molar-refractivity contribution is -0.131. The number of rotatable bonds is 3. The third kappa shape index (κ3) is 3.17. The summed E-state index contributed by atoms with van der Waals surface area (Å²) >= 11 is 0. The number of carbonyl (C=O) groups excluding carboxylic acids is 2. The smallest absolute Gasteiger partial charge is 0.251 e. The Labute approximate surface area is 129 Å². The Balaban J connectivity index is 1.56. The zero-order chi connectivity index (χ0) is 15.4. The number of hydrogen-bond donors (Lipinski definition) is 1. The van der Waals surface area contributed by atoms with Gasteiger partial charge in [0.25, 0.3) is 5.91 Å². The molecule has 1 aliphatic rings. The maximum Gasteiger partial charge on any atom is 0.251 e. The number of nitrogens with zero attached hydrogens (tertiary/aromatic N) is 1. The summed E-state index contributed by atoms with van der Waals surface area (Å²) in [5.74, 6) is -0.259. The van der Waals surface area contributed by atoms with Crippen molar-refractivity contribution in [3.8, 4) is 0 Å². The summed E-state index contributed by atoms with van der Waals surface area (Å²) in [5, 5.41) is 2.69. The van der Waals surface area contributed by atoms with Crippen molar-refractivity contribution in [2.75, 3.05) is 13.1 Å². The van der Waals surface area contributed by atoms with Crippen LogP contribution in [-0.2, 0) is 17.8 Å². The summed E-state index contributed by atoms with van der Waals surface area (Å²) in [7, 11) is 0. The van der Waals surface area contributed by atoms with Crippen molar-refractivity contribution in [2.45, 2.75) is 13.0 Å². The van der Waals surface area contributed by atoms with Crippen molar-refractivity contribution in [3.05, 3.63) is 71.3 Å². The molecule has 0 spiro atoms. The van der Waals surface area contributed by atoms with E-state index < -0.39 is 0 Å². The largest absolute Gasteiger partial charge is 0.343 e. The molecule has 4 nitrogen and oxygen atoms in total. The maximum absolute atomic E-state index is 12.3. The fourth-order valence-electron chi connectivity index (χ4n) is 2.67. The first-order chi connectivity index (χ1) is 10.7. The number of carbonyl (C=O) groups is 2. The lowest BCUT2D eigenvalue weighted by Gasteiger charge is -2.29. The Morgan fingerprint density at radius 1 is 0.955 bits per heavy atom. The molecule has 1 N–H and O–H groups in total. The highest BCUT2D eigenvalue weighted by Crippen LogP contribution is 2.18. The second-order valence-corrected chi connectivity index (χ2v) is 5.38. The minimum atomic E-state index is -0.216. The Kier molecular flexibility index (Phi) is 4.19. The highest BCUT2D eigenvalue weighted by atomic mass is 16.2. The molecular formula is C18H18N2O2. The van der Waals surface area contributed by atoms with Gasteiger partial charge in [-0.25, -0.2) is 0 Å². The van der Waals surface area contributed by atoms with Gasteiger partial charge in [0.05, 0.1) is 6.54 Å². The minimum Gasteiger partial charge on any atom is -0.343 e. The molecule has 0 fully saturated rings. The second-order valence-electron chi connectivity index (χ2n) is 5.38. The van der Waals surface area contributed by atoms with Crippen molar-refractivity contribution in [2.24, 2.45) is 0 Å². The molecule has 0 saturated carbocycles. The van der Waals surface area contributed by atoms with Crippen LogP contribution >= 0.6 is 0 Å². The number of benzene rings is 2. The summed E-state index contributed by atoms with van der Waals surface area (Å²) in [6.45, 7) is 1.36. The fraction of sp³-hybridized carbons (Fsp3) is 0.222. The molecule has 2 aromatic rings. The van der Waals surface area contributed by atoms with Crippen molar-refractivity contribution >= 4 is 11.8 Å². The molecule has 112 valence electrons. The van der Waals surface area contributed by atoms with Crippen LogP contribution in [0.15, 0.2) is 54.6 Å². The minimum absolute atomic E-state index is 0.0376. The molecule has 3 rings (SSSR count). The monoisotopic (exact) mass is 294 g/mol. The van der Waals surface area contributed by atoms with Crippen LogP contribution in [0, 0.1) is 0 Å². The lowest BCUT2D eigenvalue weighted by atomic mass is 10.00. The SMILES string of the molecule is O=C(NCC(=O)N1CCc2ccccc2C1)c1ccccc1. The molecule has 0 radical (unpaired) electrons. The van der Waals surface area contributed by atoms with Gasteiger partial charge in [0.15, 0.2) is 0 Å². The van der Waals surface area contributed by atoms with Crippen LogP contribution in [0.4, 0.5) is 0 Å². The first-order valence-electron chi connectivity index (χ1n) is 7.42. The van der Waals surface area contributed by atoms with Crippen LogP contribution in [-0.4, -0.2) is 29.8 Å². The Morgan fingerprint density at radius 2 is 1.64 bits per heavy atom. The summed E-state index contributed by atoms with van der Waals surface area (Å²) in [5.41, 5.74) is 3.07. The molecule has 22 heavy (non-hydrogen) atoms. The zero-order valence-corrected chi connectivity index (χ0v) is 12.3. The van der Waals surface area contributed by atoms with E-state index in [0.29, 0.717) is 18.7 Å². The van der Waals surface area contributed by atoms with Gasteiger partial charge in [0.2, 0.25) is 5.91 Å². The van der Waals surface area contributed by atoms with E-state index in [-0.39, 0.29) is 18.4 Å². The van der Waals surface area contributed by atoms with E-state index >= 15 is 0 Å². The highest BCUT2D eigenvalue weighted by molar-refractivity contribution is 5.96. The first-order valence-corrected chi connectivity index (χ1v) is 7.42. The van der Waals surface area contributed by atoms with Gasteiger partial charge in [-0.3, -0.25) is 9.59 Å². The predicted molar refractivity (Wildman–Crippen MR) is 84.3 cm³/mol. The second kappa shape index (κ2) is 6.43. The van der Waals surface area contributed by atoms with E-state index in [9.17, 15) is 9.59 Å². The molecule has 0 aromatic heterocycles. The van der Waals surface area contributed by atoms with Crippen molar-refractivity contribution in [3.63, 3.8) is 0 Å². The number of fused-ring (bicyclic) bond motifs is 1. The molecular weight excluding hydrogens is 276 g/mol. The molecule has 2 aromatic carbocycles. The molecule has 1 heterocycles. The van der Waals surface area contributed by atoms with Crippen molar-refractivity contribution in [1.82, 2.24) is 10.2 Å². The highest BCUT2D eigenvalue weighted by Gasteiger charge is 2.20. The van der Waals surface area contributed by atoms with E-state index in [2.05, 4.69) is 17.4 Å². The number of nitrogens with one attached hydrogen (secondary N) is 1. The van der Waals surface area contributed by atoms with Crippen molar-refractivity contribution in [1.29, 1.82) is 0 Å². The van der Waals surface area contributed by atoms with E-state index in [1.807, 2.05) is 18.2 Å². The van der Waals surface area contributed by atoms with Gasteiger partial charge in [-0.15, -0.1) is 0 Å². The van der Waals surface area contributed by atoms with Gasteiger partial charge in [-0.1, -0.05) is 42.5 Å². The summed E-state index contributed by atoms with van der Waals surface area (Å²) in [6.07, 6.45) is 0.870. The van der Waals surface area contributed by atoms with Gasteiger partial charge < -0.3 is 10.2 Å². The summed E-state index contributed by atoms with van der Waals surface area (Å²) in [6, 6.07) is 17.1. The van der Waals surface area contributed by atoms with Crippen LogP contribution in [0.2, 0.25) is 0 Å². The predicted octanol–water partition coefficient (Wildman–Crippen LogP) is 2.00. The summed E-state index contributed by atoms with van der Waals surface area (Å²) in [4.78, 5) is 26.0. The molecule has 2 amide bonds.